The maximum Gasteiger partial charge on any atom is 0.0702 e. The molecule has 1 unspecified atom stereocenters. The van der Waals surface area contributed by atoms with Crippen LogP contribution in [0.4, 0.5) is 5.69 Å². The Kier molecular flexibility index (Phi) is 3.04. The molecule has 1 fully saturated rings. The van der Waals surface area contributed by atoms with E-state index in [1.54, 1.807) is 0 Å². The van der Waals surface area contributed by atoms with Crippen molar-refractivity contribution in [3.8, 4) is 0 Å². The van der Waals surface area contributed by atoms with Gasteiger partial charge in [-0.1, -0.05) is 6.07 Å². The molecule has 92 valence electrons. The van der Waals surface area contributed by atoms with Crippen LogP contribution >= 0.6 is 0 Å². The van der Waals surface area contributed by atoms with E-state index in [1.807, 2.05) is 6.07 Å². The fourth-order valence-electron chi connectivity index (χ4n) is 2.85. The lowest BCUT2D eigenvalue weighted by Gasteiger charge is -2.26. The third-order valence-electron chi connectivity index (χ3n) is 3.75. The Hall–Kier alpha value is -1.06. The first kappa shape index (κ1) is 11.1. The topological polar surface area (TPSA) is 38.5 Å². The van der Waals surface area contributed by atoms with Gasteiger partial charge in [0.1, 0.15) is 0 Å². The summed E-state index contributed by atoms with van der Waals surface area (Å²) in [5.41, 5.74) is 9.51. The lowest BCUT2D eigenvalue weighted by atomic mass is 10.1. The molecular formula is C14H20N2O. The highest BCUT2D eigenvalue weighted by Gasteiger charge is 2.23. The number of nitrogens with zero attached hydrogens (tertiary/aromatic N) is 1. The Morgan fingerprint density at radius 2 is 2.12 bits per heavy atom. The van der Waals surface area contributed by atoms with E-state index < -0.39 is 0 Å². The molecule has 3 nitrogen and oxygen atoms in total. The normalized spacial score (nSPS) is 24.8. The third-order valence-corrected chi connectivity index (χ3v) is 3.75. The molecule has 0 bridgehead atoms. The molecule has 3 rings (SSSR count). The minimum Gasteiger partial charge on any atom is -0.399 e. The standard InChI is InChI=1S/C14H20N2O/c15-13-5-4-11-8-16(9-12(11)7-13)10-14-3-1-2-6-17-14/h4-5,7,14H,1-3,6,8-10,15H2. The highest BCUT2D eigenvalue weighted by molar-refractivity contribution is 5.46. The third kappa shape index (κ3) is 2.45. The summed E-state index contributed by atoms with van der Waals surface area (Å²) in [5, 5.41) is 0. The first-order valence-corrected chi connectivity index (χ1v) is 6.52. The van der Waals surface area contributed by atoms with Gasteiger partial charge in [-0.2, -0.15) is 0 Å². The predicted octanol–water partition coefficient (Wildman–Crippen LogP) is 2.15. The van der Waals surface area contributed by atoms with Crippen molar-refractivity contribution in [1.82, 2.24) is 4.90 Å². The van der Waals surface area contributed by atoms with Crippen molar-refractivity contribution < 1.29 is 4.74 Å². The van der Waals surface area contributed by atoms with Crippen LogP contribution in [-0.2, 0) is 17.8 Å². The molecule has 1 aromatic rings. The van der Waals surface area contributed by atoms with Crippen molar-refractivity contribution in [2.45, 2.75) is 38.5 Å². The summed E-state index contributed by atoms with van der Waals surface area (Å²) in [4.78, 5) is 2.47. The molecule has 2 heterocycles. The van der Waals surface area contributed by atoms with Crippen LogP contribution in [0.3, 0.4) is 0 Å². The number of nitrogens with two attached hydrogens (primary N) is 1. The second-order valence-electron chi connectivity index (χ2n) is 5.19. The number of anilines is 1. The van der Waals surface area contributed by atoms with Crippen LogP contribution in [0.1, 0.15) is 30.4 Å². The molecule has 0 aromatic heterocycles. The average Bonchev–Trinajstić information content (AvgIpc) is 2.71. The van der Waals surface area contributed by atoms with E-state index >= 15 is 0 Å². The highest BCUT2D eigenvalue weighted by Crippen LogP contribution is 2.26. The van der Waals surface area contributed by atoms with E-state index in [4.69, 9.17) is 10.5 Å². The van der Waals surface area contributed by atoms with Gasteiger partial charge in [0.15, 0.2) is 0 Å². The van der Waals surface area contributed by atoms with Gasteiger partial charge in [-0.25, -0.2) is 0 Å². The molecule has 2 N–H and O–H groups in total. The van der Waals surface area contributed by atoms with Crippen LogP contribution in [0.2, 0.25) is 0 Å². The Labute approximate surface area is 103 Å². The van der Waals surface area contributed by atoms with Gasteiger partial charge in [0.25, 0.3) is 0 Å². The number of ether oxygens (including phenoxy) is 1. The van der Waals surface area contributed by atoms with Gasteiger partial charge in [0.2, 0.25) is 0 Å². The summed E-state index contributed by atoms with van der Waals surface area (Å²) in [5.74, 6) is 0. The van der Waals surface area contributed by atoms with Crippen LogP contribution in [0.15, 0.2) is 18.2 Å². The summed E-state index contributed by atoms with van der Waals surface area (Å²) in [6.07, 6.45) is 4.20. The molecule has 3 heteroatoms. The molecule has 2 aliphatic heterocycles. The first-order chi connectivity index (χ1) is 8.31. The van der Waals surface area contributed by atoms with E-state index in [-0.39, 0.29) is 0 Å². The zero-order valence-corrected chi connectivity index (χ0v) is 10.2. The molecule has 2 aliphatic rings. The molecule has 1 aromatic carbocycles. The lowest BCUT2D eigenvalue weighted by molar-refractivity contribution is -0.00647. The monoisotopic (exact) mass is 232 g/mol. The molecule has 0 radical (unpaired) electrons. The van der Waals surface area contributed by atoms with E-state index in [2.05, 4.69) is 17.0 Å². The van der Waals surface area contributed by atoms with Crippen molar-refractivity contribution >= 4 is 5.69 Å². The van der Waals surface area contributed by atoms with Crippen LogP contribution in [0.5, 0.6) is 0 Å². The molecule has 1 atom stereocenters. The quantitative estimate of drug-likeness (QED) is 0.794. The maximum atomic E-state index is 5.82. The smallest absolute Gasteiger partial charge is 0.0702 e. The highest BCUT2D eigenvalue weighted by atomic mass is 16.5. The zero-order chi connectivity index (χ0) is 11.7. The van der Waals surface area contributed by atoms with Gasteiger partial charge in [0, 0.05) is 31.9 Å². The maximum absolute atomic E-state index is 5.82. The Balaban J connectivity index is 1.61. The van der Waals surface area contributed by atoms with Gasteiger partial charge >= 0.3 is 0 Å². The minimum atomic E-state index is 0.440. The summed E-state index contributed by atoms with van der Waals surface area (Å²) < 4.78 is 5.80. The van der Waals surface area contributed by atoms with Gasteiger partial charge in [-0.3, -0.25) is 4.90 Å². The molecule has 0 amide bonds. The molecular weight excluding hydrogens is 212 g/mol. The fourth-order valence-corrected chi connectivity index (χ4v) is 2.85. The van der Waals surface area contributed by atoms with Crippen molar-refractivity contribution in [2.75, 3.05) is 18.9 Å². The van der Waals surface area contributed by atoms with Crippen molar-refractivity contribution in [3.05, 3.63) is 29.3 Å². The molecule has 1 saturated heterocycles. The van der Waals surface area contributed by atoms with Crippen LogP contribution in [0, 0.1) is 0 Å². The SMILES string of the molecule is Nc1ccc2c(c1)CN(CC1CCCCO1)C2. The molecule has 0 aliphatic carbocycles. The van der Waals surface area contributed by atoms with Crippen molar-refractivity contribution in [2.24, 2.45) is 0 Å². The summed E-state index contributed by atoms with van der Waals surface area (Å²) >= 11 is 0. The van der Waals surface area contributed by atoms with Gasteiger partial charge in [0.05, 0.1) is 6.10 Å². The number of hydrogen-bond donors (Lipinski definition) is 1. The van der Waals surface area contributed by atoms with E-state index in [0.717, 1.165) is 31.9 Å². The molecule has 0 spiro atoms. The largest absolute Gasteiger partial charge is 0.399 e. The molecule has 17 heavy (non-hydrogen) atoms. The second kappa shape index (κ2) is 4.67. The van der Waals surface area contributed by atoms with Crippen LogP contribution < -0.4 is 5.73 Å². The number of fused-ring (bicyclic) bond motifs is 1. The van der Waals surface area contributed by atoms with Crippen LogP contribution in [-0.4, -0.2) is 24.2 Å². The Morgan fingerprint density at radius 1 is 1.24 bits per heavy atom. The zero-order valence-electron chi connectivity index (χ0n) is 10.2. The first-order valence-electron chi connectivity index (χ1n) is 6.52. The fraction of sp³-hybridized carbons (Fsp3) is 0.571. The minimum absolute atomic E-state index is 0.440. The summed E-state index contributed by atoms with van der Waals surface area (Å²) in [6.45, 7) is 4.09. The number of benzene rings is 1. The lowest BCUT2D eigenvalue weighted by Crippen LogP contribution is -2.32. The number of hydrogen-bond acceptors (Lipinski definition) is 3. The van der Waals surface area contributed by atoms with E-state index in [0.29, 0.717) is 6.10 Å². The van der Waals surface area contributed by atoms with Crippen LogP contribution in [0.25, 0.3) is 0 Å². The van der Waals surface area contributed by atoms with E-state index in [9.17, 15) is 0 Å². The van der Waals surface area contributed by atoms with E-state index in [1.165, 1.54) is 30.4 Å². The van der Waals surface area contributed by atoms with Crippen molar-refractivity contribution in [3.63, 3.8) is 0 Å². The van der Waals surface area contributed by atoms with Gasteiger partial charge < -0.3 is 10.5 Å². The Bertz CT molecular complexity index is 399. The molecule has 0 saturated carbocycles. The average molecular weight is 232 g/mol. The predicted molar refractivity (Wildman–Crippen MR) is 68.6 cm³/mol. The second-order valence-corrected chi connectivity index (χ2v) is 5.19. The van der Waals surface area contributed by atoms with Crippen molar-refractivity contribution in [1.29, 1.82) is 0 Å². The van der Waals surface area contributed by atoms with Gasteiger partial charge in [-0.05, 0) is 42.5 Å². The number of nitrogen functional groups attached to an aromatic ring is 1. The summed E-state index contributed by atoms with van der Waals surface area (Å²) in [7, 11) is 0. The Morgan fingerprint density at radius 3 is 2.94 bits per heavy atom. The van der Waals surface area contributed by atoms with Gasteiger partial charge in [-0.15, -0.1) is 0 Å². The summed E-state index contributed by atoms with van der Waals surface area (Å²) in [6, 6.07) is 6.27. The number of rotatable bonds is 2.